The van der Waals surface area contributed by atoms with Crippen LogP contribution in [0, 0.1) is 27.9 Å². The molecule has 1 aromatic heterocycles. The van der Waals surface area contributed by atoms with E-state index >= 15 is 0 Å². The summed E-state index contributed by atoms with van der Waals surface area (Å²) < 4.78 is 0. The molecule has 0 aromatic carbocycles. The van der Waals surface area contributed by atoms with Gasteiger partial charge in [0.25, 0.3) is 0 Å². The molecule has 1 aromatic rings. The van der Waals surface area contributed by atoms with Gasteiger partial charge in [-0.05, 0) is 23.8 Å². The molecular formula is C13H19N3O2. The van der Waals surface area contributed by atoms with Crippen molar-refractivity contribution in [1.82, 2.24) is 4.98 Å². The molecule has 0 spiro atoms. The first kappa shape index (κ1) is 12.8. The molecule has 1 aliphatic rings. The van der Waals surface area contributed by atoms with Crippen LogP contribution in [0.3, 0.4) is 0 Å². The lowest BCUT2D eigenvalue weighted by Gasteiger charge is -2.40. The topological polar surface area (TPSA) is 59.3 Å². The molecule has 1 saturated heterocycles. The number of hydrogen-bond acceptors (Lipinski definition) is 4. The minimum absolute atomic E-state index is 0.103. The number of hydrogen-bond donors (Lipinski definition) is 0. The van der Waals surface area contributed by atoms with Crippen molar-refractivity contribution in [3.05, 3.63) is 28.6 Å². The summed E-state index contributed by atoms with van der Waals surface area (Å²) in [7, 11) is 0. The molecule has 0 aliphatic carbocycles. The molecule has 0 amide bonds. The van der Waals surface area contributed by atoms with Gasteiger partial charge in [-0.25, -0.2) is 0 Å². The highest BCUT2D eigenvalue weighted by atomic mass is 16.6. The number of nitro groups is 1. The van der Waals surface area contributed by atoms with Gasteiger partial charge in [0.1, 0.15) is 11.9 Å². The molecule has 0 unspecified atom stereocenters. The number of piperidine rings is 1. The van der Waals surface area contributed by atoms with E-state index in [4.69, 9.17) is 0 Å². The number of nitrogens with zero attached hydrogens (tertiary/aromatic N) is 3. The monoisotopic (exact) mass is 249 g/mol. The van der Waals surface area contributed by atoms with Crippen LogP contribution in [0.1, 0.15) is 20.8 Å². The SMILES string of the molecule is C[C@H]1[C@H](C)CN(c2ccncc2[N+](=O)[O-])C[C@@H]1C. The van der Waals surface area contributed by atoms with Crippen LogP contribution in [-0.2, 0) is 0 Å². The van der Waals surface area contributed by atoms with Gasteiger partial charge in [0.15, 0.2) is 0 Å². The molecule has 18 heavy (non-hydrogen) atoms. The van der Waals surface area contributed by atoms with Gasteiger partial charge < -0.3 is 4.90 Å². The molecule has 1 fully saturated rings. The smallest absolute Gasteiger partial charge is 0.310 e. The predicted octanol–water partition coefficient (Wildman–Crippen LogP) is 2.72. The zero-order chi connectivity index (χ0) is 13.3. The number of aromatic nitrogens is 1. The van der Waals surface area contributed by atoms with Gasteiger partial charge in [0, 0.05) is 19.3 Å². The number of pyridine rings is 1. The zero-order valence-electron chi connectivity index (χ0n) is 11.0. The van der Waals surface area contributed by atoms with Crippen molar-refractivity contribution >= 4 is 11.4 Å². The van der Waals surface area contributed by atoms with Crippen molar-refractivity contribution in [2.45, 2.75) is 20.8 Å². The summed E-state index contributed by atoms with van der Waals surface area (Å²) in [5, 5.41) is 11.0. The van der Waals surface area contributed by atoms with Crippen molar-refractivity contribution in [1.29, 1.82) is 0 Å². The Labute approximate surface area is 107 Å². The average molecular weight is 249 g/mol. The lowest BCUT2D eigenvalue weighted by molar-refractivity contribution is -0.384. The average Bonchev–Trinajstić information content (AvgIpc) is 2.35. The summed E-state index contributed by atoms with van der Waals surface area (Å²) in [6.07, 6.45) is 2.96. The Bertz CT molecular complexity index is 438. The van der Waals surface area contributed by atoms with Crippen molar-refractivity contribution in [3.8, 4) is 0 Å². The largest absolute Gasteiger partial charge is 0.365 e. The number of rotatable bonds is 2. The maximum absolute atomic E-state index is 11.0. The van der Waals surface area contributed by atoms with E-state index in [1.165, 1.54) is 6.20 Å². The van der Waals surface area contributed by atoms with Crippen molar-refractivity contribution in [3.63, 3.8) is 0 Å². The predicted molar refractivity (Wildman–Crippen MR) is 70.6 cm³/mol. The van der Waals surface area contributed by atoms with E-state index in [-0.39, 0.29) is 10.6 Å². The quantitative estimate of drug-likeness (QED) is 0.597. The van der Waals surface area contributed by atoms with Gasteiger partial charge in [0.2, 0.25) is 0 Å². The van der Waals surface area contributed by atoms with E-state index in [0.29, 0.717) is 23.4 Å². The highest BCUT2D eigenvalue weighted by Gasteiger charge is 2.31. The third-order valence-electron chi connectivity index (χ3n) is 4.13. The van der Waals surface area contributed by atoms with Crippen molar-refractivity contribution in [2.75, 3.05) is 18.0 Å². The Morgan fingerprint density at radius 3 is 2.50 bits per heavy atom. The van der Waals surface area contributed by atoms with E-state index < -0.39 is 0 Å². The Hall–Kier alpha value is -1.65. The van der Waals surface area contributed by atoms with Crippen LogP contribution in [-0.4, -0.2) is 23.0 Å². The third-order valence-corrected chi connectivity index (χ3v) is 4.13. The molecule has 1 aliphatic heterocycles. The molecule has 3 atom stereocenters. The molecule has 5 heteroatoms. The lowest BCUT2D eigenvalue weighted by atomic mass is 9.81. The minimum Gasteiger partial charge on any atom is -0.365 e. The van der Waals surface area contributed by atoms with Crippen LogP contribution in [0.5, 0.6) is 0 Å². The Balaban J connectivity index is 2.30. The first-order valence-electron chi connectivity index (χ1n) is 6.34. The van der Waals surface area contributed by atoms with E-state index in [1.807, 2.05) is 0 Å². The molecule has 0 radical (unpaired) electrons. The Kier molecular flexibility index (Phi) is 3.50. The summed E-state index contributed by atoms with van der Waals surface area (Å²) in [5.74, 6) is 1.74. The van der Waals surface area contributed by atoms with Crippen LogP contribution >= 0.6 is 0 Å². The maximum atomic E-state index is 11.0. The van der Waals surface area contributed by atoms with Gasteiger partial charge in [-0.1, -0.05) is 20.8 Å². The second kappa shape index (κ2) is 4.92. The van der Waals surface area contributed by atoms with E-state index in [2.05, 4.69) is 30.7 Å². The van der Waals surface area contributed by atoms with E-state index in [9.17, 15) is 10.1 Å². The van der Waals surface area contributed by atoms with Crippen LogP contribution in [0.4, 0.5) is 11.4 Å². The summed E-state index contributed by atoms with van der Waals surface area (Å²) in [6.45, 7) is 8.42. The van der Waals surface area contributed by atoms with Crippen LogP contribution < -0.4 is 4.90 Å². The number of anilines is 1. The summed E-state index contributed by atoms with van der Waals surface area (Å²) in [6, 6.07) is 1.74. The van der Waals surface area contributed by atoms with Crippen LogP contribution in [0.15, 0.2) is 18.5 Å². The van der Waals surface area contributed by atoms with Crippen LogP contribution in [0.25, 0.3) is 0 Å². The fourth-order valence-corrected chi connectivity index (χ4v) is 2.65. The standard InChI is InChI=1S/C13H19N3O2/c1-9-7-15(8-10(2)11(9)3)12-4-5-14-6-13(12)16(17)18/h4-6,9-11H,7-8H2,1-3H3/t9-,10+,11+. The summed E-state index contributed by atoms with van der Waals surface area (Å²) in [5.41, 5.74) is 0.798. The normalized spacial score (nSPS) is 28.2. The fourth-order valence-electron chi connectivity index (χ4n) is 2.65. The van der Waals surface area contributed by atoms with Crippen LogP contribution in [0.2, 0.25) is 0 Å². The molecule has 0 N–H and O–H groups in total. The first-order valence-corrected chi connectivity index (χ1v) is 6.34. The maximum Gasteiger partial charge on any atom is 0.310 e. The van der Waals surface area contributed by atoms with Gasteiger partial charge in [-0.15, -0.1) is 0 Å². The molecule has 0 bridgehead atoms. The molecule has 5 nitrogen and oxygen atoms in total. The second-order valence-corrected chi connectivity index (χ2v) is 5.34. The van der Waals surface area contributed by atoms with Gasteiger partial charge >= 0.3 is 5.69 Å². The summed E-state index contributed by atoms with van der Waals surface area (Å²) >= 11 is 0. The van der Waals surface area contributed by atoms with Gasteiger partial charge in [0.05, 0.1) is 4.92 Å². The summed E-state index contributed by atoms with van der Waals surface area (Å²) in [4.78, 5) is 16.6. The fraction of sp³-hybridized carbons (Fsp3) is 0.615. The molecule has 2 rings (SSSR count). The zero-order valence-corrected chi connectivity index (χ0v) is 11.0. The van der Waals surface area contributed by atoms with Crippen molar-refractivity contribution in [2.24, 2.45) is 17.8 Å². The minimum atomic E-state index is -0.351. The molecule has 98 valence electrons. The first-order chi connectivity index (χ1) is 8.50. The highest BCUT2D eigenvalue weighted by Crippen LogP contribution is 2.34. The molecule has 2 heterocycles. The van der Waals surface area contributed by atoms with E-state index in [1.54, 1.807) is 12.3 Å². The van der Waals surface area contributed by atoms with Crippen molar-refractivity contribution < 1.29 is 4.92 Å². The Morgan fingerprint density at radius 2 is 1.94 bits per heavy atom. The second-order valence-electron chi connectivity index (χ2n) is 5.34. The highest BCUT2D eigenvalue weighted by molar-refractivity contribution is 5.61. The van der Waals surface area contributed by atoms with E-state index in [0.717, 1.165) is 13.1 Å². The van der Waals surface area contributed by atoms with Gasteiger partial charge in [-0.2, -0.15) is 0 Å². The molecule has 0 saturated carbocycles. The van der Waals surface area contributed by atoms with Gasteiger partial charge in [-0.3, -0.25) is 15.1 Å². The third kappa shape index (κ3) is 2.30. The molecular weight excluding hydrogens is 230 g/mol. The lowest BCUT2D eigenvalue weighted by Crippen LogP contribution is -2.43. The Morgan fingerprint density at radius 1 is 1.33 bits per heavy atom.